The summed E-state index contributed by atoms with van der Waals surface area (Å²) in [6.45, 7) is 4.27. The highest BCUT2D eigenvalue weighted by Crippen LogP contribution is 2.37. The lowest BCUT2D eigenvalue weighted by Gasteiger charge is -2.16. The van der Waals surface area contributed by atoms with Crippen molar-refractivity contribution in [3.8, 4) is 11.5 Å². The lowest BCUT2D eigenvalue weighted by molar-refractivity contribution is -0.118. The molecule has 34 heavy (non-hydrogen) atoms. The lowest BCUT2D eigenvalue weighted by atomic mass is 10.1. The number of nitrogens with one attached hydrogen (secondary N) is 2. The van der Waals surface area contributed by atoms with Crippen LogP contribution in [0.2, 0.25) is 10.0 Å². The first-order valence-electron chi connectivity index (χ1n) is 10.5. The number of hydrogen-bond donors (Lipinski definition) is 3. The molecule has 0 unspecified atom stereocenters. The number of hydrogen-bond acceptors (Lipinski definition) is 5. The first-order chi connectivity index (χ1) is 16.3. The highest BCUT2D eigenvalue weighted by atomic mass is 35.5. The number of rotatable bonds is 10. The van der Waals surface area contributed by atoms with Gasteiger partial charge in [0.2, 0.25) is 0 Å². The molecule has 7 nitrogen and oxygen atoms in total. The molecule has 3 N–H and O–H groups in total. The Labute approximate surface area is 207 Å². The molecule has 3 rings (SSSR count). The molecule has 0 bridgehead atoms. The summed E-state index contributed by atoms with van der Waals surface area (Å²) in [5.41, 5.74) is 3.13. The van der Waals surface area contributed by atoms with Crippen molar-refractivity contribution in [2.45, 2.75) is 20.4 Å². The third kappa shape index (κ3) is 6.79. The molecule has 3 aromatic rings. The highest BCUT2D eigenvalue weighted by Gasteiger charge is 2.15. The SMILES string of the molecule is CCOc1cc(CNc2ccc(Cl)c(C(=O)O)c2)cc(Cl)c1OCC(=O)Nc1ccc(C)cc1. The lowest BCUT2D eigenvalue weighted by Crippen LogP contribution is -2.20. The number of carbonyl (C=O) groups excluding carboxylic acids is 1. The Balaban J connectivity index is 1.68. The topological polar surface area (TPSA) is 96.9 Å². The Hall–Kier alpha value is -3.42. The van der Waals surface area contributed by atoms with Crippen LogP contribution in [0.25, 0.3) is 0 Å². The number of carbonyl (C=O) groups is 2. The van der Waals surface area contributed by atoms with Crippen molar-refractivity contribution in [2.24, 2.45) is 0 Å². The predicted molar refractivity (Wildman–Crippen MR) is 134 cm³/mol. The van der Waals surface area contributed by atoms with Gasteiger partial charge in [-0.15, -0.1) is 0 Å². The van der Waals surface area contributed by atoms with Crippen molar-refractivity contribution in [1.82, 2.24) is 0 Å². The number of anilines is 2. The fraction of sp³-hybridized carbons (Fsp3) is 0.200. The molecule has 0 radical (unpaired) electrons. The molecule has 0 fully saturated rings. The van der Waals surface area contributed by atoms with Gasteiger partial charge in [0.1, 0.15) is 0 Å². The van der Waals surface area contributed by atoms with Crippen molar-refractivity contribution in [3.63, 3.8) is 0 Å². The minimum atomic E-state index is -1.11. The number of carboxylic acid groups (broad SMARTS) is 1. The normalized spacial score (nSPS) is 10.5. The maximum atomic E-state index is 12.3. The van der Waals surface area contributed by atoms with Crippen molar-refractivity contribution < 1.29 is 24.2 Å². The number of aryl methyl sites for hydroxylation is 1. The second kappa shape index (κ2) is 11.6. The Kier molecular flexibility index (Phi) is 8.62. The van der Waals surface area contributed by atoms with Crippen LogP contribution in [0, 0.1) is 6.92 Å². The van der Waals surface area contributed by atoms with Crippen LogP contribution in [0.4, 0.5) is 11.4 Å². The van der Waals surface area contributed by atoms with Gasteiger partial charge < -0.3 is 25.2 Å². The quantitative estimate of drug-likeness (QED) is 0.313. The van der Waals surface area contributed by atoms with E-state index in [1.54, 1.807) is 18.2 Å². The van der Waals surface area contributed by atoms with E-state index in [1.807, 2.05) is 38.1 Å². The fourth-order valence-corrected chi connectivity index (χ4v) is 3.59. The Bertz CT molecular complexity index is 1180. The third-order valence-corrected chi connectivity index (χ3v) is 5.36. The van der Waals surface area contributed by atoms with Crippen LogP contribution in [0.3, 0.4) is 0 Å². The van der Waals surface area contributed by atoms with Gasteiger partial charge in [0.15, 0.2) is 18.1 Å². The number of amides is 1. The molecule has 0 aromatic heterocycles. The van der Waals surface area contributed by atoms with Gasteiger partial charge in [-0.05, 0) is 61.9 Å². The molecule has 0 aliphatic rings. The van der Waals surface area contributed by atoms with Crippen molar-refractivity contribution in [1.29, 1.82) is 0 Å². The van der Waals surface area contributed by atoms with Gasteiger partial charge >= 0.3 is 5.97 Å². The molecule has 0 heterocycles. The van der Waals surface area contributed by atoms with Gasteiger partial charge in [0.25, 0.3) is 5.91 Å². The molecule has 0 spiro atoms. The summed E-state index contributed by atoms with van der Waals surface area (Å²) in [4.78, 5) is 23.6. The van der Waals surface area contributed by atoms with Gasteiger partial charge in [-0.1, -0.05) is 40.9 Å². The molecule has 178 valence electrons. The minimum Gasteiger partial charge on any atom is -0.490 e. The standard InChI is InChI=1S/C25H24Cl2N2O5/c1-3-33-22-11-16(13-28-18-8-9-20(26)19(12-18)25(31)32)10-21(27)24(22)34-14-23(30)29-17-6-4-15(2)5-7-17/h4-12,28H,3,13-14H2,1-2H3,(H,29,30)(H,31,32). The molecule has 0 saturated carbocycles. The molecular weight excluding hydrogens is 479 g/mol. The zero-order valence-electron chi connectivity index (χ0n) is 18.7. The Morgan fingerprint density at radius 2 is 1.65 bits per heavy atom. The maximum Gasteiger partial charge on any atom is 0.337 e. The van der Waals surface area contributed by atoms with E-state index >= 15 is 0 Å². The number of carboxylic acids is 1. The first kappa shape index (κ1) is 25.2. The average molecular weight is 503 g/mol. The van der Waals surface area contributed by atoms with Crippen LogP contribution in [-0.4, -0.2) is 30.2 Å². The fourth-order valence-electron chi connectivity index (χ4n) is 3.10. The third-order valence-electron chi connectivity index (χ3n) is 4.75. The van der Waals surface area contributed by atoms with E-state index in [1.165, 1.54) is 12.1 Å². The molecule has 0 aliphatic heterocycles. The summed E-state index contributed by atoms with van der Waals surface area (Å²) in [6.07, 6.45) is 0. The summed E-state index contributed by atoms with van der Waals surface area (Å²) < 4.78 is 11.4. The second-order valence-corrected chi connectivity index (χ2v) is 8.21. The van der Waals surface area contributed by atoms with Gasteiger partial charge in [0.05, 0.1) is 22.2 Å². The summed E-state index contributed by atoms with van der Waals surface area (Å²) in [5, 5.41) is 15.6. The smallest absolute Gasteiger partial charge is 0.337 e. The van der Waals surface area contributed by atoms with Crippen molar-refractivity contribution >= 4 is 46.5 Å². The van der Waals surface area contributed by atoms with Gasteiger partial charge in [-0.3, -0.25) is 4.79 Å². The Morgan fingerprint density at radius 1 is 0.941 bits per heavy atom. The van der Waals surface area contributed by atoms with E-state index in [0.717, 1.165) is 11.1 Å². The summed E-state index contributed by atoms with van der Waals surface area (Å²) in [6, 6.07) is 15.5. The van der Waals surface area contributed by atoms with Crippen LogP contribution in [0.15, 0.2) is 54.6 Å². The molecule has 9 heteroatoms. The largest absolute Gasteiger partial charge is 0.490 e. The number of aromatic carboxylic acids is 1. The molecule has 1 amide bonds. The molecule has 0 atom stereocenters. The molecule has 3 aromatic carbocycles. The number of halogens is 2. The second-order valence-electron chi connectivity index (χ2n) is 7.39. The van der Waals surface area contributed by atoms with Crippen LogP contribution >= 0.6 is 23.2 Å². The predicted octanol–water partition coefficient (Wildman–Crippen LogP) is 6.03. The number of ether oxygens (including phenoxy) is 2. The van der Waals surface area contributed by atoms with Gasteiger partial charge in [-0.2, -0.15) is 0 Å². The van der Waals surface area contributed by atoms with Crippen LogP contribution in [0.5, 0.6) is 11.5 Å². The molecule has 0 saturated heterocycles. The highest BCUT2D eigenvalue weighted by molar-refractivity contribution is 6.33. The van der Waals surface area contributed by atoms with Crippen LogP contribution in [-0.2, 0) is 11.3 Å². The van der Waals surface area contributed by atoms with E-state index in [-0.39, 0.29) is 33.9 Å². The van der Waals surface area contributed by atoms with Gasteiger partial charge in [-0.25, -0.2) is 4.79 Å². The number of benzene rings is 3. The maximum absolute atomic E-state index is 12.3. The van der Waals surface area contributed by atoms with E-state index < -0.39 is 5.97 Å². The van der Waals surface area contributed by atoms with E-state index in [2.05, 4.69) is 10.6 Å². The minimum absolute atomic E-state index is 0.00682. The average Bonchev–Trinajstić information content (AvgIpc) is 2.79. The molecular formula is C25H24Cl2N2O5. The van der Waals surface area contributed by atoms with Crippen LogP contribution in [0.1, 0.15) is 28.4 Å². The summed E-state index contributed by atoms with van der Waals surface area (Å²) in [7, 11) is 0. The van der Waals surface area contributed by atoms with E-state index in [0.29, 0.717) is 30.3 Å². The van der Waals surface area contributed by atoms with Crippen LogP contribution < -0.4 is 20.1 Å². The monoisotopic (exact) mass is 502 g/mol. The molecule has 0 aliphatic carbocycles. The zero-order valence-corrected chi connectivity index (χ0v) is 20.2. The Morgan fingerprint density at radius 3 is 2.32 bits per heavy atom. The van der Waals surface area contributed by atoms with Crippen molar-refractivity contribution in [2.75, 3.05) is 23.8 Å². The summed E-state index contributed by atoms with van der Waals surface area (Å²) >= 11 is 12.4. The van der Waals surface area contributed by atoms with E-state index in [9.17, 15) is 14.7 Å². The zero-order chi connectivity index (χ0) is 24.7. The van der Waals surface area contributed by atoms with Gasteiger partial charge in [0, 0.05) is 17.9 Å². The van der Waals surface area contributed by atoms with E-state index in [4.69, 9.17) is 32.7 Å². The first-order valence-corrected chi connectivity index (χ1v) is 11.2. The summed E-state index contributed by atoms with van der Waals surface area (Å²) in [5.74, 6) is -0.767. The van der Waals surface area contributed by atoms with Crippen molar-refractivity contribution in [3.05, 3.63) is 81.3 Å².